The first-order valence-corrected chi connectivity index (χ1v) is 33.0. The van der Waals surface area contributed by atoms with Gasteiger partial charge in [-0.25, -0.2) is 65.0 Å². The zero-order valence-electron chi connectivity index (χ0n) is 49.4. The molecule has 0 amide bonds. The van der Waals surface area contributed by atoms with Crippen molar-refractivity contribution in [3.8, 4) is 0 Å². The minimum absolute atomic E-state index is 0.00165. The van der Waals surface area contributed by atoms with Crippen LogP contribution in [0, 0.1) is 46.5 Å². The van der Waals surface area contributed by atoms with Gasteiger partial charge >= 0.3 is 0 Å². The second-order valence-corrected chi connectivity index (χ2v) is 26.4. The highest BCUT2D eigenvalue weighted by Crippen LogP contribution is 2.47. The maximum atomic E-state index is 14.2. The van der Waals surface area contributed by atoms with E-state index in [1.54, 1.807) is 37.7 Å². The number of anilines is 8. The van der Waals surface area contributed by atoms with E-state index >= 15 is 0 Å². The van der Waals surface area contributed by atoms with Crippen molar-refractivity contribution in [1.29, 1.82) is 0 Å². The Labute approximate surface area is 617 Å². The van der Waals surface area contributed by atoms with Gasteiger partial charge in [0, 0.05) is 75.4 Å². The number of fused-ring (bicyclic) bond motifs is 1. The van der Waals surface area contributed by atoms with Crippen molar-refractivity contribution in [1.82, 2.24) is 49.8 Å². The first-order chi connectivity index (χ1) is 44.5. The van der Waals surface area contributed by atoms with Crippen LogP contribution in [-0.2, 0) is 11.8 Å². The van der Waals surface area contributed by atoms with E-state index in [1.165, 1.54) is 47.4 Å². The summed E-state index contributed by atoms with van der Waals surface area (Å²) >= 11 is 64.6. The van der Waals surface area contributed by atoms with E-state index in [9.17, 15) is 35.1 Å². The molecule has 0 aliphatic carbocycles. The minimum Gasteiger partial charge on any atom is -0.373 e. The SMILES string of the molecule is C=C(C)CN(c1ccc(F)cc1F)c1nc(Cl)nc(Cl)c1Br.C=C(C)CN(c1ccc(F)cc1F)c1nc(Cl)nc(NC)c1Br.CNc1nc(Cl)nc2c1C(C)(C)CN2c1ccc(F)cc1F.Clc1nc(Cl)c(Br)c(Cl)n1.Fc1ccc(Cc2nc(Cl)nc(Cl)c2Br)c(F)c1. The summed E-state index contributed by atoms with van der Waals surface area (Å²) in [6.07, 6.45) is 0.134. The van der Waals surface area contributed by atoms with Crippen LogP contribution in [0.4, 0.5) is 81.3 Å². The van der Waals surface area contributed by atoms with Crippen LogP contribution in [0.15, 0.2) is 115 Å². The number of aromatic nitrogens is 10. The quantitative estimate of drug-likeness (QED) is 0.0485. The third-order valence-corrected chi connectivity index (χ3v) is 18.2. The molecule has 0 radical (unpaired) electrons. The number of nitrogens with one attached hydrogen (secondary N) is 2. The standard InChI is InChI=1S/C15H14BrClF2N4.C15H15ClF2N4.C14H10BrCl2F2N3.C11H5BrCl2F2N2.C4BrCl3N2/c1-8(2)7-23(11-5-4-9(18)6-10(11)19)14-12(16)13(20-3)21-15(17)22-14;1-15(2)7-22(10-5-4-8(17)6-9(10)18)13-11(15)12(19-3)20-14(16)21-13;1-7(2)6-22(10-4-3-8(18)5-9(10)19)13-11(15)12(16)20-14(17)21-13;12-9-8(17-11(14)18-10(9)13)3-5-1-2-6(15)4-7(5)16;5-1-2(6)9-4(8)10-3(1)7/h4-6H,1,7H2,2-3H3,(H,20,21,22);4-6H,7H2,1-3H3,(H,19,20,21);3-5H,1,6H2,2H3;1-2,4H,3H2;. The Bertz CT molecular complexity index is 4330. The van der Waals surface area contributed by atoms with Gasteiger partial charge in [-0.05, 0) is 184 Å². The predicted octanol–water partition coefficient (Wildman–Crippen LogP) is 22.0. The Kier molecular flexibility index (Phi) is 29.0. The van der Waals surface area contributed by atoms with Crippen LogP contribution in [0.2, 0.25) is 47.0 Å². The monoisotopic (exact) mass is 1740 g/mol. The summed E-state index contributed by atoms with van der Waals surface area (Å²) in [5.74, 6) is -3.08. The number of nitrogens with zero attached hydrogens (tertiary/aromatic N) is 13. The highest BCUT2D eigenvalue weighted by molar-refractivity contribution is 9.11. The lowest BCUT2D eigenvalue weighted by Crippen LogP contribution is -2.26. The van der Waals surface area contributed by atoms with Gasteiger partial charge in [0.25, 0.3) is 0 Å². The zero-order valence-corrected chi connectivity index (χ0v) is 62.6. The van der Waals surface area contributed by atoms with Gasteiger partial charge in [0.1, 0.15) is 89.1 Å². The van der Waals surface area contributed by atoms with Gasteiger partial charge in [0.15, 0.2) is 11.6 Å². The second-order valence-electron chi connectivity index (χ2n) is 20.1. The van der Waals surface area contributed by atoms with Crippen LogP contribution >= 0.6 is 168 Å². The fourth-order valence-electron chi connectivity index (χ4n) is 8.44. The second kappa shape index (κ2) is 35.0. The molecule has 15 nitrogen and oxygen atoms in total. The van der Waals surface area contributed by atoms with Crippen molar-refractivity contribution >= 4 is 214 Å². The third kappa shape index (κ3) is 21.1. The van der Waals surface area contributed by atoms with Gasteiger partial charge in [0.2, 0.25) is 26.4 Å². The summed E-state index contributed by atoms with van der Waals surface area (Å²) in [5, 5.41) is 6.54. The highest BCUT2D eigenvalue weighted by atomic mass is 79.9. The lowest BCUT2D eigenvalue weighted by molar-refractivity contribution is 0.557. The number of benzene rings is 4. The van der Waals surface area contributed by atoms with E-state index in [-0.39, 0.29) is 94.8 Å². The van der Waals surface area contributed by atoms with Crippen molar-refractivity contribution in [2.24, 2.45) is 0 Å². The van der Waals surface area contributed by atoms with Crippen molar-refractivity contribution < 1.29 is 35.1 Å². The molecule has 6 heterocycles. The minimum atomic E-state index is -0.737. The van der Waals surface area contributed by atoms with E-state index in [0.717, 1.165) is 47.0 Å². The summed E-state index contributed by atoms with van der Waals surface area (Å²) < 4.78 is 110. The first kappa shape index (κ1) is 78.7. The molecule has 36 heteroatoms. The van der Waals surface area contributed by atoms with Crippen LogP contribution in [0.1, 0.15) is 44.5 Å². The number of hydrogen-bond acceptors (Lipinski definition) is 15. The van der Waals surface area contributed by atoms with Crippen LogP contribution < -0.4 is 25.3 Å². The molecular formula is C59H44Br4Cl9F8N15. The summed E-state index contributed by atoms with van der Waals surface area (Å²) in [4.78, 5) is 44.2. The van der Waals surface area contributed by atoms with E-state index in [4.69, 9.17) is 104 Å². The zero-order chi connectivity index (χ0) is 70.7. The molecule has 0 fully saturated rings. The molecule has 0 unspecified atom stereocenters. The van der Waals surface area contributed by atoms with Crippen molar-refractivity contribution in [2.45, 2.75) is 39.5 Å². The van der Waals surface area contributed by atoms with Gasteiger partial charge in [-0.2, -0.15) is 19.9 Å². The van der Waals surface area contributed by atoms with E-state index in [2.05, 4.69) is 137 Å². The van der Waals surface area contributed by atoms with Crippen molar-refractivity contribution in [2.75, 3.05) is 59.1 Å². The predicted molar refractivity (Wildman–Crippen MR) is 377 cm³/mol. The lowest BCUT2D eigenvalue weighted by Gasteiger charge is -2.26. The van der Waals surface area contributed by atoms with Crippen molar-refractivity contribution in [3.05, 3.63) is 225 Å². The molecule has 1 aliphatic heterocycles. The van der Waals surface area contributed by atoms with Crippen LogP contribution in [0.3, 0.4) is 0 Å². The van der Waals surface area contributed by atoms with Crippen LogP contribution in [0.5, 0.6) is 0 Å². The average molecular weight is 1750 g/mol. The largest absolute Gasteiger partial charge is 0.373 e. The maximum absolute atomic E-state index is 14.2. The normalized spacial score (nSPS) is 11.8. The molecular weight excluding hydrogens is 1710 g/mol. The summed E-state index contributed by atoms with van der Waals surface area (Å²) in [7, 11) is 3.42. The lowest BCUT2D eigenvalue weighted by atomic mass is 9.88. The molecule has 95 heavy (non-hydrogen) atoms. The molecule has 10 rings (SSSR count). The Morgan fingerprint density at radius 1 is 0.484 bits per heavy atom. The van der Waals surface area contributed by atoms with Gasteiger partial charge in [-0.3, -0.25) is 0 Å². The Balaban J connectivity index is 0.000000192. The molecule has 5 aromatic heterocycles. The first-order valence-electron chi connectivity index (χ1n) is 26.4. The molecule has 0 saturated carbocycles. The smallest absolute Gasteiger partial charge is 0.226 e. The average Bonchev–Trinajstić information content (AvgIpc) is 1.61. The van der Waals surface area contributed by atoms with Crippen molar-refractivity contribution in [3.63, 3.8) is 0 Å². The molecule has 4 aromatic carbocycles. The van der Waals surface area contributed by atoms with Gasteiger partial charge < -0.3 is 25.3 Å². The van der Waals surface area contributed by atoms with Crippen LogP contribution in [-0.4, -0.2) is 83.6 Å². The molecule has 9 aromatic rings. The molecule has 0 saturated heterocycles. The highest BCUT2D eigenvalue weighted by Gasteiger charge is 2.41. The molecule has 1 aliphatic rings. The fourth-order valence-corrected chi connectivity index (χ4v) is 11.7. The number of halogens is 21. The van der Waals surface area contributed by atoms with Crippen LogP contribution in [0.25, 0.3) is 0 Å². The van der Waals surface area contributed by atoms with Gasteiger partial charge in [0.05, 0.1) is 36.2 Å². The Morgan fingerprint density at radius 3 is 1.34 bits per heavy atom. The van der Waals surface area contributed by atoms with E-state index in [1.807, 2.05) is 13.8 Å². The third-order valence-electron chi connectivity index (χ3n) is 12.3. The summed E-state index contributed by atoms with van der Waals surface area (Å²) in [6.45, 7) is 16.3. The number of hydrogen-bond donors (Lipinski definition) is 2. The van der Waals surface area contributed by atoms with Gasteiger partial charge in [-0.1, -0.05) is 90.6 Å². The Hall–Kier alpha value is -5.27. The molecule has 0 spiro atoms. The van der Waals surface area contributed by atoms with E-state index in [0.29, 0.717) is 59.0 Å². The maximum Gasteiger partial charge on any atom is 0.226 e. The summed E-state index contributed by atoms with van der Waals surface area (Å²) in [5.41, 5.74) is 3.34. The summed E-state index contributed by atoms with van der Waals surface area (Å²) in [6, 6.07) is 13.4. The number of rotatable bonds is 13. The fraction of sp³-hybridized carbons (Fsp3) is 0.186. The topological polar surface area (TPSA) is 163 Å². The van der Waals surface area contributed by atoms with Gasteiger partial charge in [-0.15, -0.1) is 0 Å². The molecule has 2 N–H and O–H groups in total. The molecule has 0 bridgehead atoms. The molecule has 0 atom stereocenters. The Morgan fingerprint density at radius 2 is 0.874 bits per heavy atom. The van der Waals surface area contributed by atoms with E-state index < -0.39 is 46.5 Å². The molecule has 502 valence electrons.